The Morgan fingerprint density at radius 3 is 1.67 bits per heavy atom. The molecule has 0 spiro atoms. The number of nitrogens with two attached hydrogens (primary N) is 2. The van der Waals surface area contributed by atoms with Crippen molar-refractivity contribution in [2.45, 2.75) is 18.2 Å². The lowest BCUT2D eigenvalue weighted by Gasteiger charge is -2.26. The van der Waals surface area contributed by atoms with Crippen LogP contribution in [0.3, 0.4) is 0 Å². The van der Waals surface area contributed by atoms with Gasteiger partial charge in [0.2, 0.25) is 17.7 Å². The van der Waals surface area contributed by atoms with Gasteiger partial charge in [-0.05, 0) is 13.8 Å². The molecule has 4 N–H and O–H groups in total. The van der Waals surface area contributed by atoms with Crippen molar-refractivity contribution in [2.24, 2.45) is 11.5 Å². The third kappa shape index (κ3) is 5.36. The number of rotatable bonds is 5. The molecule has 0 aliphatic rings. The van der Waals surface area contributed by atoms with Gasteiger partial charge in [-0.25, -0.2) is 0 Å². The summed E-state index contributed by atoms with van der Waals surface area (Å²) in [5.74, 6) is -1.80. The van der Waals surface area contributed by atoms with Crippen LogP contribution >= 0.6 is 15.9 Å². The molecule has 0 aromatic heterocycles. The predicted octanol–water partition coefficient (Wildman–Crippen LogP) is -1.04. The summed E-state index contributed by atoms with van der Waals surface area (Å²) in [5.41, 5.74) is 9.90. The molecule has 0 saturated carbocycles. The number of nitrogens with zero attached hydrogens (tertiary/aromatic N) is 1. The van der Waals surface area contributed by atoms with Crippen LogP contribution in [0.2, 0.25) is 0 Å². The fourth-order valence-electron chi connectivity index (χ4n) is 0.952. The highest BCUT2D eigenvalue weighted by atomic mass is 79.9. The van der Waals surface area contributed by atoms with Crippen molar-refractivity contribution < 1.29 is 14.4 Å². The van der Waals surface area contributed by atoms with Crippen LogP contribution in [-0.2, 0) is 14.4 Å². The summed E-state index contributed by atoms with van der Waals surface area (Å²) in [7, 11) is 0. The smallest absolute Gasteiger partial charge is 0.239 e. The highest BCUT2D eigenvalue weighted by Gasteiger charge is 2.30. The van der Waals surface area contributed by atoms with Crippen LogP contribution in [0.15, 0.2) is 0 Å². The largest absolute Gasteiger partial charge is 0.368 e. The van der Waals surface area contributed by atoms with Gasteiger partial charge in [0.25, 0.3) is 0 Å². The normalized spacial score (nSPS) is 10.9. The molecule has 0 atom stereocenters. The minimum absolute atomic E-state index is 0.323. The van der Waals surface area contributed by atoms with Crippen molar-refractivity contribution in [1.82, 2.24) is 4.90 Å². The standard InChI is InChI=1S/C8H14BrN3O3/c1-8(2,9)7(15)12(3-5(10)13)4-6(11)14/h3-4H2,1-2H3,(H2,10,13)(H2,11,14). The molecule has 0 aliphatic heterocycles. The molecular weight excluding hydrogens is 266 g/mol. The van der Waals surface area contributed by atoms with Crippen LogP contribution in [0.4, 0.5) is 0 Å². The van der Waals surface area contributed by atoms with Crippen LogP contribution in [-0.4, -0.2) is 40.0 Å². The number of alkyl halides is 1. The minimum atomic E-state index is -0.863. The van der Waals surface area contributed by atoms with Gasteiger partial charge in [0.15, 0.2) is 0 Å². The van der Waals surface area contributed by atoms with E-state index in [4.69, 9.17) is 11.5 Å². The second kappa shape index (κ2) is 5.11. The second-order valence-electron chi connectivity index (χ2n) is 3.57. The molecule has 0 unspecified atom stereocenters. The number of amides is 3. The Labute approximate surface area is 96.1 Å². The third-order valence-corrected chi connectivity index (χ3v) is 1.83. The molecule has 0 aromatic rings. The summed E-state index contributed by atoms with van der Waals surface area (Å²) in [6, 6.07) is 0. The fourth-order valence-corrected chi connectivity index (χ4v) is 1.20. The Bertz CT molecular complexity index is 269. The molecule has 0 radical (unpaired) electrons. The van der Waals surface area contributed by atoms with Crippen LogP contribution < -0.4 is 11.5 Å². The highest BCUT2D eigenvalue weighted by molar-refractivity contribution is 9.10. The molecular formula is C8H14BrN3O3. The monoisotopic (exact) mass is 279 g/mol. The molecule has 0 aromatic carbocycles. The van der Waals surface area contributed by atoms with Crippen LogP contribution in [0.5, 0.6) is 0 Å². The minimum Gasteiger partial charge on any atom is -0.368 e. The first-order valence-corrected chi connectivity index (χ1v) is 4.98. The second-order valence-corrected chi connectivity index (χ2v) is 5.55. The Balaban J connectivity index is 4.70. The van der Waals surface area contributed by atoms with Crippen molar-refractivity contribution in [3.63, 3.8) is 0 Å². The van der Waals surface area contributed by atoms with Crippen molar-refractivity contribution in [1.29, 1.82) is 0 Å². The van der Waals surface area contributed by atoms with E-state index in [2.05, 4.69) is 15.9 Å². The lowest BCUT2D eigenvalue weighted by atomic mass is 10.2. The molecule has 0 heterocycles. The summed E-state index contributed by atoms with van der Waals surface area (Å²) in [6.45, 7) is 2.56. The zero-order valence-electron chi connectivity index (χ0n) is 8.62. The number of hydrogen-bond acceptors (Lipinski definition) is 3. The first-order chi connectivity index (χ1) is 6.64. The molecule has 0 bridgehead atoms. The molecule has 0 aliphatic carbocycles. The van der Waals surface area contributed by atoms with E-state index in [1.54, 1.807) is 13.8 Å². The van der Waals surface area contributed by atoms with Gasteiger partial charge in [0.1, 0.15) is 0 Å². The quantitative estimate of drug-likeness (QED) is 0.628. The van der Waals surface area contributed by atoms with E-state index < -0.39 is 22.0 Å². The van der Waals surface area contributed by atoms with E-state index in [9.17, 15) is 14.4 Å². The van der Waals surface area contributed by atoms with Gasteiger partial charge in [0.05, 0.1) is 17.4 Å². The first kappa shape index (κ1) is 13.9. The van der Waals surface area contributed by atoms with Crippen molar-refractivity contribution in [3.05, 3.63) is 0 Å². The Morgan fingerprint density at radius 2 is 1.47 bits per heavy atom. The van der Waals surface area contributed by atoms with Gasteiger partial charge in [-0.15, -0.1) is 0 Å². The van der Waals surface area contributed by atoms with Gasteiger partial charge in [0, 0.05) is 0 Å². The molecule has 15 heavy (non-hydrogen) atoms. The lowest BCUT2D eigenvalue weighted by molar-refractivity contribution is -0.139. The Kier molecular flexibility index (Phi) is 4.73. The average molecular weight is 280 g/mol. The van der Waals surface area contributed by atoms with Gasteiger partial charge in [-0.1, -0.05) is 15.9 Å². The summed E-state index contributed by atoms with van der Waals surface area (Å²) >= 11 is 3.13. The SMILES string of the molecule is CC(C)(Br)C(=O)N(CC(N)=O)CC(N)=O. The molecule has 7 heteroatoms. The van der Waals surface area contributed by atoms with E-state index in [-0.39, 0.29) is 13.1 Å². The van der Waals surface area contributed by atoms with E-state index in [0.717, 1.165) is 4.90 Å². The predicted molar refractivity (Wildman–Crippen MR) is 58.0 cm³/mol. The summed E-state index contributed by atoms with van der Waals surface area (Å²) in [5, 5.41) is 0. The maximum Gasteiger partial charge on any atom is 0.239 e. The zero-order chi connectivity index (χ0) is 12.2. The highest BCUT2D eigenvalue weighted by Crippen LogP contribution is 2.18. The van der Waals surface area contributed by atoms with E-state index in [0.29, 0.717) is 0 Å². The third-order valence-electron chi connectivity index (χ3n) is 1.49. The van der Waals surface area contributed by atoms with Gasteiger partial charge < -0.3 is 16.4 Å². The summed E-state index contributed by atoms with van der Waals surface area (Å²) in [6.07, 6.45) is 0. The molecule has 3 amide bonds. The van der Waals surface area contributed by atoms with Gasteiger partial charge in [-0.2, -0.15) is 0 Å². The van der Waals surface area contributed by atoms with Crippen LogP contribution in [0.1, 0.15) is 13.8 Å². The zero-order valence-corrected chi connectivity index (χ0v) is 10.2. The number of hydrogen-bond donors (Lipinski definition) is 2. The van der Waals surface area contributed by atoms with Gasteiger partial charge in [-0.3, -0.25) is 14.4 Å². The molecule has 0 fully saturated rings. The Hall–Kier alpha value is -1.11. The van der Waals surface area contributed by atoms with E-state index in [1.807, 2.05) is 0 Å². The molecule has 86 valence electrons. The maximum absolute atomic E-state index is 11.7. The van der Waals surface area contributed by atoms with Crippen molar-refractivity contribution in [3.8, 4) is 0 Å². The van der Waals surface area contributed by atoms with E-state index >= 15 is 0 Å². The van der Waals surface area contributed by atoms with Crippen molar-refractivity contribution in [2.75, 3.05) is 13.1 Å². The van der Waals surface area contributed by atoms with Gasteiger partial charge >= 0.3 is 0 Å². The molecule has 0 rings (SSSR count). The topological polar surface area (TPSA) is 106 Å². The van der Waals surface area contributed by atoms with Crippen LogP contribution in [0.25, 0.3) is 0 Å². The lowest BCUT2D eigenvalue weighted by Crippen LogP contribution is -2.48. The molecule has 6 nitrogen and oxygen atoms in total. The fraction of sp³-hybridized carbons (Fsp3) is 0.625. The summed E-state index contributed by atoms with van der Waals surface area (Å²) in [4.78, 5) is 34.1. The molecule has 0 saturated heterocycles. The number of primary amides is 2. The maximum atomic E-state index is 11.7. The van der Waals surface area contributed by atoms with Crippen molar-refractivity contribution >= 4 is 33.7 Å². The first-order valence-electron chi connectivity index (χ1n) is 4.19. The number of carbonyl (C=O) groups is 3. The Morgan fingerprint density at radius 1 is 1.13 bits per heavy atom. The summed E-state index contributed by atoms with van der Waals surface area (Å²) < 4.78 is -0.863. The number of halogens is 1. The number of carbonyl (C=O) groups excluding carboxylic acids is 3. The average Bonchev–Trinajstić information content (AvgIpc) is 1.98. The van der Waals surface area contributed by atoms with Crippen LogP contribution in [0, 0.1) is 0 Å². The van der Waals surface area contributed by atoms with E-state index in [1.165, 1.54) is 0 Å².